The first-order valence-corrected chi connectivity index (χ1v) is 11.6. The Morgan fingerprint density at radius 2 is 2.10 bits per heavy atom. The van der Waals surface area contributed by atoms with Crippen molar-refractivity contribution in [2.45, 2.75) is 33.4 Å². The number of nitrogens with zero attached hydrogens (tertiary/aromatic N) is 3. The van der Waals surface area contributed by atoms with Crippen molar-refractivity contribution in [2.75, 3.05) is 46.0 Å². The molecule has 0 saturated carbocycles. The summed E-state index contributed by atoms with van der Waals surface area (Å²) >= 11 is 1.74. The van der Waals surface area contributed by atoms with Crippen molar-refractivity contribution in [1.82, 2.24) is 20.5 Å². The van der Waals surface area contributed by atoms with E-state index in [1.807, 2.05) is 18.3 Å². The molecule has 0 amide bonds. The Hall–Kier alpha value is -1.43. The summed E-state index contributed by atoms with van der Waals surface area (Å²) in [6.45, 7) is 11.5. The van der Waals surface area contributed by atoms with E-state index < -0.39 is 0 Å². The smallest absolute Gasteiger partial charge is 0.191 e. The number of guanidine groups is 1. The van der Waals surface area contributed by atoms with Crippen molar-refractivity contribution in [3.8, 4) is 5.75 Å². The van der Waals surface area contributed by atoms with E-state index in [1.54, 1.807) is 11.3 Å². The van der Waals surface area contributed by atoms with Crippen LogP contribution < -0.4 is 15.4 Å². The van der Waals surface area contributed by atoms with Gasteiger partial charge >= 0.3 is 0 Å². The van der Waals surface area contributed by atoms with Gasteiger partial charge < -0.3 is 20.1 Å². The SMILES string of the molecule is CCNC(=NCc1cccc(OCCN2CCOCC2)c1)NCc1ncc(CC)s1.I. The highest BCUT2D eigenvalue weighted by atomic mass is 127. The number of hydrogen-bond donors (Lipinski definition) is 2. The summed E-state index contributed by atoms with van der Waals surface area (Å²) in [6, 6.07) is 8.18. The minimum atomic E-state index is 0. The van der Waals surface area contributed by atoms with Crippen molar-refractivity contribution >= 4 is 41.3 Å². The van der Waals surface area contributed by atoms with E-state index in [9.17, 15) is 0 Å². The third-order valence-electron chi connectivity index (χ3n) is 4.80. The number of ether oxygens (including phenoxy) is 2. The zero-order chi connectivity index (χ0) is 21.0. The molecule has 9 heteroatoms. The highest BCUT2D eigenvalue weighted by Gasteiger charge is 2.10. The Labute approximate surface area is 206 Å². The molecule has 2 heterocycles. The monoisotopic (exact) mass is 559 g/mol. The third-order valence-corrected chi connectivity index (χ3v) is 5.94. The summed E-state index contributed by atoms with van der Waals surface area (Å²) in [7, 11) is 0. The van der Waals surface area contributed by atoms with Crippen LogP contribution in [0.15, 0.2) is 35.5 Å². The van der Waals surface area contributed by atoms with E-state index >= 15 is 0 Å². The normalized spacial score (nSPS) is 14.7. The second-order valence-corrected chi connectivity index (χ2v) is 8.27. The second kappa shape index (κ2) is 14.6. The van der Waals surface area contributed by atoms with Gasteiger partial charge in [-0.05, 0) is 31.0 Å². The zero-order valence-corrected chi connectivity index (χ0v) is 21.6. The average Bonchev–Trinajstić information content (AvgIpc) is 3.25. The van der Waals surface area contributed by atoms with Crippen molar-refractivity contribution < 1.29 is 9.47 Å². The molecule has 1 aliphatic rings. The lowest BCUT2D eigenvalue weighted by atomic mass is 10.2. The summed E-state index contributed by atoms with van der Waals surface area (Å²) in [4.78, 5) is 12.8. The fourth-order valence-corrected chi connectivity index (χ4v) is 3.92. The van der Waals surface area contributed by atoms with Gasteiger partial charge in [0.1, 0.15) is 17.4 Å². The predicted octanol–water partition coefficient (Wildman–Crippen LogP) is 3.29. The van der Waals surface area contributed by atoms with Crippen molar-refractivity contribution in [1.29, 1.82) is 0 Å². The molecule has 7 nitrogen and oxygen atoms in total. The third kappa shape index (κ3) is 9.30. The van der Waals surface area contributed by atoms with Crippen molar-refractivity contribution in [3.05, 3.63) is 45.9 Å². The first-order valence-electron chi connectivity index (χ1n) is 10.7. The second-order valence-electron chi connectivity index (χ2n) is 7.07. The van der Waals surface area contributed by atoms with Gasteiger partial charge in [0, 0.05) is 37.3 Å². The topological polar surface area (TPSA) is 71.0 Å². The van der Waals surface area contributed by atoms with Crippen LogP contribution in [0.1, 0.15) is 29.3 Å². The van der Waals surface area contributed by atoms with Crippen LogP contribution in [0, 0.1) is 0 Å². The van der Waals surface area contributed by atoms with E-state index in [4.69, 9.17) is 14.5 Å². The number of aryl methyl sites for hydroxylation is 1. The molecule has 1 saturated heterocycles. The van der Waals surface area contributed by atoms with E-state index in [2.05, 4.69) is 46.5 Å². The fourth-order valence-electron chi connectivity index (χ4n) is 3.12. The minimum Gasteiger partial charge on any atom is -0.492 e. The van der Waals surface area contributed by atoms with Crippen LogP contribution in [0.25, 0.3) is 0 Å². The molecule has 0 atom stereocenters. The standard InChI is InChI=1S/C22H33N5O2S.HI/c1-3-20-16-24-21(30-20)17-26-22(23-4-2)25-15-18-6-5-7-19(14-18)29-13-10-27-8-11-28-12-9-27;/h5-7,14,16H,3-4,8-13,15,17H2,1-2H3,(H2,23,25,26);1H. The van der Waals surface area contributed by atoms with Crippen LogP contribution in [0.3, 0.4) is 0 Å². The molecule has 1 fully saturated rings. The lowest BCUT2D eigenvalue weighted by Crippen LogP contribution is -2.38. The number of hydrogen-bond acceptors (Lipinski definition) is 6. The van der Waals surface area contributed by atoms with Crippen LogP contribution >= 0.6 is 35.3 Å². The number of aliphatic imine (C=N–C) groups is 1. The van der Waals surface area contributed by atoms with Gasteiger partial charge in [0.15, 0.2) is 5.96 Å². The summed E-state index contributed by atoms with van der Waals surface area (Å²) in [6.07, 6.45) is 2.98. The van der Waals surface area contributed by atoms with Crippen molar-refractivity contribution in [3.63, 3.8) is 0 Å². The van der Waals surface area contributed by atoms with E-state index in [0.29, 0.717) is 19.7 Å². The maximum atomic E-state index is 5.95. The first kappa shape index (κ1) is 25.8. The van der Waals surface area contributed by atoms with Gasteiger partial charge in [0.25, 0.3) is 0 Å². The van der Waals surface area contributed by atoms with Crippen molar-refractivity contribution in [2.24, 2.45) is 4.99 Å². The molecule has 1 aromatic carbocycles. The Bertz CT molecular complexity index is 796. The summed E-state index contributed by atoms with van der Waals surface area (Å²) < 4.78 is 11.3. The number of halogens is 1. The number of nitrogens with one attached hydrogen (secondary N) is 2. The molecular weight excluding hydrogens is 525 g/mol. The Morgan fingerprint density at radius 3 is 2.84 bits per heavy atom. The highest BCUT2D eigenvalue weighted by molar-refractivity contribution is 14.0. The molecule has 3 rings (SSSR count). The molecule has 31 heavy (non-hydrogen) atoms. The maximum absolute atomic E-state index is 5.95. The molecule has 0 unspecified atom stereocenters. The van der Waals surface area contributed by atoms with Crippen LogP contribution in [0.5, 0.6) is 5.75 Å². The molecule has 172 valence electrons. The number of benzene rings is 1. The molecule has 1 aliphatic heterocycles. The average molecular weight is 560 g/mol. The largest absolute Gasteiger partial charge is 0.492 e. The fraction of sp³-hybridized carbons (Fsp3) is 0.545. The van der Waals surface area contributed by atoms with E-state index in [1.165, 1.54) is 4.88 Å². The molecule has 0 spiro atoms. The quantitative estimate of drug-likeness (QED) is 0.265. The maximum Gasteiger partial charge on any atom is 0.191 e. The van der Waals surface area contributed by atoms with Gasteiger partial charge in [-0.2, -0.15) is 0 Å². The molecular formula is C22H34IN5O2S. The number of morpholine rings is 1. The van der Waals surface area contributed by atoms with Gasteiger partial charge in [-0.1, -0.05) is 19.1 Å². The highest BCUT2D eigenvalue weighted by Crippen LogP contribution is 2.15. The number of rotatable bonds is 10. The molecule has 0 bridgehead atoms. The Balaban J connectivity index is 0.00000341. The number of thiazole rings is 1. The number of aromatic nitrogens is 1. The Kier molecular flexibility index (Phi) is 12.2. The van der Waals surface area contributed by atoms with Gasteiger partial charge in [0.2, 0.25) is 0 Å². The van der Waals surface area contributed by atoms with Gasteiger partial charge in [-0.15, -0.1) is 35.3 Å². The van der Waals surface area contributed by atoms with Gasteiger partial charge in [-0.25, -0.2) is 9.98 Å². The minimum absolute atomic E-state index is 0. The Morgan fingerprint density at radius 1 is 1.26 bits per heavy atom. The zero-order valence-electron chi connectivity index (χ0n) is 18.4. The van der Waals surface area contributed by atoms with Gasteiger partial charge in [0.05, 0.1) is 26.3 Å². The van der Waals surface area contributed by atoms with E-state index in [-0.39, 0.29) is 24.0 Å². The lowest BCUT2D eigenvalue weighted by molar-refractivity contribution is 0.0322. The molecule has 2 N–H and O–H groups in total. The van der Waals surface area contributed by atoms with Gasteiger partial charge in [-0.3, -0.25) is 4.90 Å². The summed E-state index contributed by atoms with van der Waals surface area (Å²) in [5, 5.41) is 7.74. The summed E-state index contributed by atoms with van der Waals surface area (Å²) in [5.41, 5.74) is 1.12. The molecule has 1 aromatic heterocycles. The molecule has 0 radical (unpaired) electrons. The van der Waals surface area contributed by atoms with E-state index in [0.717, 1.165) is 68.1 Å². The molecule has 0 aliphatic carbocycles. The lowest BCUT2D eigenvalue weighted by Gasteiger charge is -2.26. The van der Waals surface area contributed by atoms with Crippen LogP contribution in [-0.2, 0) is 24.2 Å². The summed E-state index contributed by atoms with van der Waals surface area (Å²) in [5.74, 6) is 1.69. The first-order chi connectivity index (χ1) is 14.8. The molecule has 2 aromatic rings. The van der Waals surface area contributed by atoms with Crippen LogP contribution in [0.4, 0.5) is 0 Å². The van der Waals surface area contributed by atoms with Crippen LogP contribution in [0.2, 0.25) is 0 Å². The van der Waals surface area contributed by atoms with Crippen LogP contribution in [-0.4, -0.2) is 61.8 Å². The predicted molar refractivity (Wildman–Crippen MR) is 138 cm³/mol.